The zero-order chi connectivity index (χ0) is 17.6. The van der Waals surface area contributed by atoms with E-state index in [2.05, 4.69) is 16.0 Å². The molecular formula is C19H14N4OS. The van der Waals surface area contributed by atoms with Gasteiger partial charge in [-0.2, -0.15) is 5.26 Å². The Morgan fingerprint density at radius 2 is 1.96 bits per heavy atom. The summed E-state index contributed by atoms with van der Waals surface area (Å²) >= 11 is 1.35. The largest absolute Gasteiger partial charge is 0.274 e. The van der Waals surface area contributed by atoms with Crippen molar-refractivity contribution in [3.05, 3.63) is 71.5 Å². The molecule has 1 amide bonds. The van der Waals surface area contributed by atoms with E-state index in [0.717, 1.165) is 5.69 Å². The van der Waals surface area contributed by atoms with E-state index < -0.39 is 0 Å². The zero-order valence-electron chi connectivity index (χ0n) is 13.5. The number of thiazole rings is 1. The quantitative estimate of drug-likeness (QED) is 0.661. The number of nitriles is 1. The van der Waals surface area contributed by atoms with Gasteiger partial charge < -0.3 is 0 Å². The van der Waals surface area contributed by atoms with E-state index in [1.165, 1.54) is 18.3 Å². The number of anilines is 2. The lowest BCUT2D eigenvalue weighted by Gasteiger charge is -2.17. The summed E-state index contributed by atoms with van der Waals surface area (Å²) in [6.07, 6.45) is 3.31. The Hall–Kier alpha value is -3.30. The van der Waals surface area contributed by atoms with E-state index >= 15 is 0 Å². The number of amides is 1. The van der Waals surface area contributed by atoms with E-state index in [1.807, 2.05) is 41.8 Å². The molecule has 0 N–H and O–H groups in total. The molecule has 6 heteroatoms. The smallest absolute Gasteiger partial charge is 0.230 e. The van der Waals surface area contributed by atoms with E-state index in [4.69, 9.17) is 0 Å². The highest BCUT2D eigenvalue weighted by Crippen LogP contribution is 2.29. The van der Waals surface area contributed by atoms with Crippen LogP contribution in [-0.4, -0.2) is 15.9 Å². The van der Waals surface area contributed by atoms with Crippen molar-refractivity contribution >= 4 is 39.7 Å². The summed E-state index contributed by atoms with van der Waals surface area (Å²) in [5.41, 5.74) is 2.38. The van der Waals surface area contributed by atoms with Crippen LogP contribution in [0.1, 0.15) is 18.3 Å². The van der Waals surface area contributed by atoms with Crippen LogP contribution >= 0.6 is 11.3 Å². The molecule has 0 atom stereocenters. The van der Waals surface area contributed by atoms with Crippen LogP contribution in [0.25, 0.3) is 11.6 Å². The van der Waals surface area contributed by atoms with Gasteiger partial charge in [-0.05, 0) is 30.3 Å². The molecule has 5 nitrogen and oxygen atoms in total. The Morgan fingerprint density at radius 3 is 2.60 bits per heavy atom. The maximum absolute atomic E-state index is 12.1. The molecule has 0 saturated carbocycles. The molecule has 0 aliphatic heterocycles. The molecule has 0 aliphatic carbocycles. The van der Waals surface area contributed by atoms with Crippen molar-refractivity contribution in [1.29, 1.82) is 5.26 Å². The van der Waals surface area contributed by atoms with Crippen LogP contribution in [-0.2, 0) is 4.79 Å². The maximum Gasteiger partial charge on any atom is 0.230 e. The average molecular weight is 346 g/mol. The Morgan fingerprint density at radius 1 is 1.20 bits per heavy atom. The SMILES string of the molecule is CC(=O)N(c1ccccc1)c1nc(C=C(C#N)c2ccccn2)cs1. The number of nitrogens with zero attached hydrogens (tertiary/aromatic N) is 4. The highest BCUT2D eigenvalue weighted by atomic mass is 32.1. The van der Waals surface area contributed by atoms with Crippen molar-refractivity contribution in [1.82, 2.24) is 9.97 Å². The van der Waals surface area contributed by atoms with Crippen LogP contribution in [0.3, 0.4) is 0 Å². The molecule has 2 aromatic heterocycles. The number of rotatable bonds is 4. The summed E-state index contributed by atoms with van der Waals surface area (Å²) in [7, 11) is 0. The fourth-order valence-electron chi connectivity index (χ4n) is 2.28. The van der Waals surface area contributed by atoms with Gasteiger partial charge in [-0.3, -0.25) is 14.7 Å². The van der Waals surface area contributed by atoms with Gasteiger partial charge in [-0.25, -0.2) is 4.98 Å². The second-order valence-corrected chi connectivity index (χ2v) is 5.97. The van der Waals surface area contributed by atoms with E-state index in [0.29, 0.717) is 22.1 Å². The number of carbonyl (C=O) groups excluding carboxylic acids is 1. The van der Waals surface area contributed by atoms with Gasteiger partial charge in [-0.15, -0.1) is 11.3 Å². The van der Waals surface area contributed by atoms with Crippen LogP contribution in [0.5, 0.6) is 0 Å². The molecule has 0 spiro atoms. The highest BCUT2D eigenvalue weighted by molar-refractivity contribution is 7.14. The third kappa shape index (κ3) is 3.79. The zero-order valence-corrected chi connectivity index (χ0v) is 14.3. The molecule has 3 rings (SSSR count). The van der Waals surface area contributed by atoms with Crippen molar-refractivity contribution in [2.24, 2.45) is 0 Å². The van der Waals surface area contributed by atoms with Gasteiger partial charge in [0.05, 0.1) is 22.6 Å². The van der Waals surface area contributed by atoms with Gasteiger partial charge in [0.2, 0.25) is 5.91 Å². The Bertz CT molecular complexity index is 942. The number of allylic oxidation sites excluding steroid dienone is 1. The first-order chi connectivity index (χ1) is 12.2. The molecular weight excluding hydrogens is 332 g/mol. The monoisotopic (exact) mass is 346 g/mol. The number of benzene rings is 1. The first-order valence-electron chi connectivity index (χ1n) is 7.53. The molecule has 0 radical (unpaired) electrons. The van der Waals surface area contributed by atoms with Crippen LogP contribution < -0.4 is 4.90 Å². The molecule has 0 bridgehead atoms. The lowest BCUT2D eigenvalue weighted by Crippen LogP contribution is -2.22. The van der Waals surface area contributed by atoms with Crippen molar-refractivity contribution in [2.75, 3.05) is 4.90 Å². The van der Waals surface area contributed by atoms with Gasteiger partial charge >= 0.3 is 0 Å². The number of carbonyl (C=O) groups is 1. The van der Waals surface area contributed by atoms with Crippen LogP contribution in [0.15, 0.2) is 60.1 Å². The Balaban J connectivity index is 1.95. The third-order valence-corrected chi connectivity index (χ3v) is 4.23. The summed E-state index contributed by atoms with van der Waals surface area (Å²) in [4.78, 5) is 22.3. The number of aromatic nitrogens is 2. The molecule has 3 aromatic rings. The normalized spacial score (nSPS) is 11.0. The second kappa shape index (κ2) is 7.51. The van der Waals surface area contributed by atoms with Gasteiger partial charge in [-0.1, -0.05) is 24.3 Å². The number of pyridine rings is 1. The summed E-state index contributed by atoms with van der Waals surface area (Å²) in [6, 6.07) is 16.9. The molecule has 0 unspecified atom stereocenters. The van der Waals surface area contributed by atoms with Crippen molar-refractivity contribution < 1.29 is 4.79 Å². The van der Waals surface area contributed by atoms with Crippen molar-refractivity contribution in [3.8, 4) is 6.07 Å². The fraction of sp³-hybridized carbons (Fsp3) is 0.0526. The Labute approximate surface area is 149 Å². The lowest BCUT2D eigenvalue weighted by molar-refractivity contribution is -0.115. The first kappa shape index (κ1) is 16.6. The predicted octanol–water partition coefficient (Wildman–Crippen LogP) is 4.29. The maximum atomic E-state index is 12.1. The van der Waals surface area contributed by atoms with E-state index in [9.17, 15) is 10.1 Å². The molecule has 0 fully saturated rings. The van der Waals surface area contributed by atoms with Crippen molar-refractivity contribution in [3.63, 3.8) is 0 Å². The highest BCUT2D eigenvalue weighted by Gasteiger charge is 2.17. The average Bonchev–Trinajstić information content (AvgIpc) is 3.09. The lowest BCUT2D eigenvalue weighted by atomic mass is 10.1. The molecule has 1 aromatic carbocycles. The fourth-order valence-corrected chi connectivity index (χ4v) is 3.13. The summed E-state index contributed by atoms with van der Waals surface area (Å²) in [5, 5.41) is 11.7. The molecule has 25 heavy (non-hydrogen) atoms. The van der Waals surface area contributed by atoms with Gasteiger partial charge in [0.15, 0.2) is 5.13 Å². The minimum absolute atomic E-state index is 0.124. The minimum atomic E-state index is -0.124. The van der Waals surface area contributed by atoms with E-state index in [1.54, 1.807) is 29.3 Å². The van der Waals surface area contributed by atoms with Gasteiger partial charge in [0.25, 0.3) is 0 Å². The number of hydrogen-bond acceptors (Lipinski definition) is 5. The summed E-state index contributed by atoms with van der Waals surface area (Å²) < 4.78 is 0. The van der Waals surface area contributed by atoms with Crippen LogP contribution in [0.2, 0.25) is 0 Å². The summed E-state index contributed by atoms with van der Waals surface area (Å²) in [5.74, 6) is -0.124. The van der Waals surface area contributed by atoms with Crippen molar-refractivity contribution in [2.45, 2.75) is 6.92 Å². The molecule has 0 aliphatic rings. The van der Waals surface area contributed by atoms with E-state index in [-0.39, 0.29) is 5.91 Å². The van der Waals surface area contributed by atoms with Gasteiger partial charge in [0.1, 0.15) is 6.07 Å². The third-order valence-electron chi connectivity index (χ3n) is 3.38. The molecule has 122 valence electrons. The standard InChI is InChI=1S/C19H14N4OS/c1-14(24)23(17-7-3-2-4-8-17)19-22-16(13-25-19)11-15(12-20)18-9-5-6-10-21-18/h2-11,13H,1H3. The minimum Gasteiger partial charge on any atom is -0.274 e. The Kier molecular flexibility index (Phi) is 4.97. The molecule has 0 saturated heterocycles. The van der Waals surface area contributed by atoms with Crippen LogP contribution in [0, 0.1) is 11.3 Å². The predicted molar refractivity (Wildman–Crippen MR) is 99.1 cm³/mol. The van der Waals surface area contributed by atoms with Crippen LogP contribution in [0.4, 0.5) is 10.8 Å². The first-order valence-corrected chi connectivity index (χ1v) is 8.41. The topological polar surface area (TPSA) is 69.9 Å². The summed E-state index contributed by atoms with van der Waals surface area (Å²) in [6.45, 7) is 1.50. The second-order valence-electron chi connectivity index (χ2n) is 5.13. The number of hydrogen-bond donors (Lipinski definition) is 0. The van der Waals surface area contributed by atoms with Gasteiger partial charge in [0, 0.05) is 18.5 Å². The number of para-hydroxylation sites is 1. The molecule has 2 heterocycles.